The van der Waals surface area contributed by atoms with Crippen molar-refractivity contribution >= 4 is 34.0 Å². The molecule has 192 valence electrons. The second-order valence-electron chi connectivity index (χ2n) is 9.09. The van der Waals surface area contributed by atoms with E-state index in [0.717, 1.165) is 36.1 Å². The number of carbonyl (C=O) groups is 1. The van der Waals surface area contributed by atoms with Gasteiger partial charge in [0.25, 0.3) is 5.56 Å². The van der Waals surface area contributed by atoms with Gasteiger partial charge in [-0.25, -0.2) is 9.07 Å². The average Bonchev–Trinajstić information content (AvgIpc) is 3.28. The summed E-state index contributed by atoms with van der Waals surface area (Å²) < 4.78 is 28.0. The lowest BCUT2D eigenvalue weighted by Crippen LogP contribution is -2.18. The van der Waals surface area contributed by atoms with Crippen LogP contribution in [0.15, 0.2) is 71.5 Å². The molecule has 3 heterocycles. The molecule has 0 fully saturated rings. The van der Waals surface area contributed by atoms with E-state index in [9.17, 15) is 14.0 Å². The Kier molecular flexibility index (Phi) is 5.71. The fourth-order valence-electron chi connectivity index (χ4n) is 4.88. The van der Waals surface area contributed by atoms with Crippen molar-refractivity contribution in [2.75, 3.05) is 11.1 Å². The zero-order valence-corrected chi connectivity index (χ0v) is 20.3. The van der Waals surface area contributed by atoms with E-state index in [1.54, 1.807) is 10.7 Å². The molecule has 4 N–H and O–H groups in total. The van der Waals surface area contributed by atoms with Gasteiger partial charge < -0.3 is 20.5 Å². The summed E-state index contributed by atoms with van der Waals surface area (Å²) in [6.07, 6.45) is 14.1. The molecule has 1 aliphatic heterocycles. The molecule has 0 saturated heterocycles. The van der Waals surface area contributed by atoms with Crippen molar-refractivity contribution in [2.45, 2.75) is 32.3 Å². The van der Waals surface area contributed by atoms with E-state index in [1.807, 2.05) is 18.2 Å². The maximum atomic E-state index is 14.7. The van der Waals surface area contributed by atoms with Crippen LogP contribution < -0.4 is 21.3 Å². The monoisotopic (exact) mass is 513 g/mol. The Bertz CT molecular complexity index is 1710. The van der Waals surface area contributed by atoms with Gasteiger partial charge in [-0.1, -0.05) is 18.7 Å². The van der Waals surface area contributed by atoms with Crippen LogP contribution in [-0.2, 0) is 16.1 Å². The van der Waals surface area contributed by atoms with Gasteiger partial charge in [-0.2, -0.15) is 5.10 Å². The van der Waals surface area contributed by atoms with Gasteiger partial charge in [0, 0.05) is 17.7 Å². The third kappa shape index (κ3) is 3.90. The minimum atomic E-state index is -0.617. The third-order valence-electron chi connectivity index (χ3n) is 6.74. The van der Waals surface area contributed by atoms with E-state index in [1.165, 1.54) is 6.07 Å². The number of halogens is 1. The number of anilines is 2. The van der Waals surface area contributed by atoms with Gasteiger partial charge in [0.2, 0.25) is 11.8 Å². The van der Waals surface area contributed by atoms with Crippen LogP contribution in [0.25, 0.3) is 27.7 Å². The summed E-state index contributed by atoms with van der Waals surface area (Å²) >= 11 is 0. The topological polar surface area (TPSA) is 124 Å². The molecule has 0 saturated carbocycles. The summed E-state index contributed by atoms with van der Waals surface area (Å²) in [5.41, 5.74) is 8.55. The van der Waals surface area contributed by atoms with E-state index in [2.05, 4.69) is 29.0 Å². The normalized spacial score (nSPS) is 16.0. The van der Waals surface area contributed by atoms with Crippen molar-refractivity contribution in [2.24, 2.45) is 0 Å². The summed E-state index contributed by atoms with van der Waals surface area (Å²) in [6.45, 7) is 3.36. The summed E-state index contributed by atoms with van der Waals surface area (Å²) in [7, 11) is 0. The number of hydrogen-bond donors (Lipinski definition) is 3. The number of aromatic nitrogens is 3. The van der Waals surface area contributed by atoms with E-state index in [0.29, 0.717) is 35.0 Å². The predicted octanol–water partition coefficient (Wildman–Crippen LogP) is 4.90. The fraction of sp³-hybridized carbons (Fsp3) is 0.179. The highest BCUT2D eigenvalue weighted by atomic mass is 19.1. The smallest absolute Gasteiger partial charge is 0.264 e. The molecule has 10 heteroatoms. The first-order valence-corrected chi connectivity index (χ1v) is 12.2. The summed E-state index contributed by atoms with van der Waals surface area (Å²) in [4.78, 5) is 27.7. The second kappa shape index (κ2) is 9.22. The highest BCUT2D eigenvalue weighted by Crippen LogP contribution is 2.44. The molecule has 3 aliphatic rings. The molecule has 6 rings (SSSR count). The first-order valence-electron chi connectivity index (χ1n) is 12.2. The number of rotatable bonds is 5. The number of carbonyl (C=O) groups excluding carboxylic acids is 1. The number of nitrogens with two attached hydrogens (primary N) is 1. The highest BCUT2D eigenvalue weighted by Gasteiger charge is 2.29. The standard InChI is InChI=1S/C28H24FN5O4/c1-2-21(35)31-24-19-14-37-28-22(18(19)12-13-20(24)29)25-23(27(36)32-28)26(30)34(33-25)15-8-10-17(11-9-15)38-16-6-4-3-5-7-16/h2,4,6-8,10,12-13H,1,3,5,9,11,14,30H2,(H,31,35)(H,32,36). The Balaban J connectivity index is 1.44. The van der Waals surface area contributed by atoms with Gasteiger partial charge in [-0.3, -0.25) is 14.6 Å². The van der Waals surface area contributed by atoms with Crippen LogP contribution in [0.1, 0.15) is 31.2 Å². The fourth-order valence-corrected chi connectivity index (χ4v) is 4.88. The lowest BCUT2D eigenvalue weighted by Gasteiger charge is -2.23. The number of hydrogen-bond acceptors (Lipinski definition) is 6. The Hall–Kier alpha value is -4.86. The first kappa shape index (κ1) is 23.5. The van der Waals surface area contributed by atoms with Crippen molar-refractivity contribution < 1.29 is 18.7 Å². The van der Waals surface area contributed by atoms with Crippen LogP contribution in [-0.4, -0.2) is 20.7 Å². The Labute approximate surface area is 216 Å². The van der Waals surface area contributed by atoms with E-state index < -0.39 is 17.3 Å². The molecule has 0 unspecified atom stereocenters. The number of pyridine rings is 1. The molecule has 3 aromatic rings. The third-order valence-corrected chi connectivity index (χ3v) is 6.74. The summed E-state index contributed by atoms with van der Waals surface area (Å²) in [6, 6.07) is 2.82. The highest BCUT2D eigenvalue weighted by molar-refractivity contribution is 6.04. The number of fused-ring (bicyclic) bond motifs is 5. The molecule has 2 aliphatic carbocycles. The number of amides is 1. The van der Waals surface area contributed by atoms with Crippen LogP contribution in [0.2, 0.25) is 0 Å². The van der Waals surface area contributed by atoms with Crippen molar-refractivity contribution in [1.82, 2.24) is 14.8 Å². The van der Waals surface area contributed by atoms with Crippen molar-refractivity contribution in [3.8, 4) is 17.0 Å². The van der Waals surface area contributed by atoms with Gasteiger partial charge in [-0.15, -0.1) is 0 Å². The Morgan fingerprint density at radius 2 is 2.16 bits per heavy atom. The van der Waals surface area contributed by atoms with Crippen LogP contribution >= 0.6 is 0 Å². The molecule has 2 aromatic heterocycles. The summed E-state index contributed by atoms with van der Waals surface area (Å²) in [5.74, 6) is 0.874. The van der Waals surface area contributed by atoms with Crippen LogP contribution in [0, 0.1) is 5.82 Å². The van der Waals surface area contributed by atoms with Gasteiger partial charge in [0.1, 0.15) is 40.7 Å². The molecule has 38 heavy (non-hydrogen) atoms. The number of aromatic amines is 1. The maximum absolute atomic E-state index is 14.7. The number of benzene rings is 1. The zero-order valence-electron chi connectivity index (χ0n) is 20.3. The Morgan fingerprint density at radius 3 is 2.89 bits per heavy atom. The van der Waals surface area contributed by atoms with Crippen molar-refractivity contribution in [1.29, 1.82) is 0 Å². The molecule has 0 spiro atoms. The van der Waals surface area contributed by atoms with Crippen LogP contribution in [0.3, 0.4) is 0 Å². The molecular formula is C28H24FN5O4. The number of nitrogen functional groups attached to an aromatic ring is 1. The van der Waals surface area contributed by atoms with E-state index >= 15 is 0 Å². The van der Waals surface area contributed by atoms with Gasteiger partial charge in [-0.05, 0) is 61.3 Å². The molecule has 0 bridgehead atoms. The first-order chi connectivity index (χ1) is 18.4. The maximum Gasteiger partial charge on any atom is 0.264 e. The quantitative estimate of drug-likeness (QED) is 0.417. The number of allylic oxidation sites excluding steroid dienone is 7. The predicted molar refractivity (Wildman–Crippen MR) is 142 cm³/mol. The molecule has 0 atom stereocenters. The molecule has 1 amide bonds. The largest absolute Gasteiger partial charge is 0.473 e. The van der Waals surface area contributed by atoms with Crippen LogP contribution in [0.4, 0.5) is 15.9 Å². The lowest BCUT2D eigenvalue weighted by molar-refractivity contribution is -0.111. The number of ether oxygens (including phenoxy) is 2. The minimum Gasteiger partial charge on any atom is -0.473 e. The van der Waals surface area contributed by atoms with Crippen molar-refractivity contribution in [3.63, 3.8) is 0 Å². The van der Waals surface area contributed by atoms with E-state index in [4.69, 9.17) is 20.3 Å². The number of H-pyrrole nitrogens is 1. The number of nitrogens with one attached hydrogen (secondary N) is 2. The lowest BCUT2D eigenvalue weighted by atomic mass is 9.95. The minimum absolute atomic E-state index is 0.0135. The molecule has 1 aromatic carbocycles. The van der Waals surface area contributed by atoms with Gasteiger partial charge in [0.15, 0.2) is 0 Å². The SMILES string of the molecule is C=CC(=O)Nc1c(F)ccc2c1COc1[nH]c(=O)c3c(N)n(C4=CC=C(OC5=CCCC=C5)CC4)nc3c1-2. The second-order valence-corrected chi connectivity index (χ2v) is 9.09. The Morgan fingerprint density at radius 1 is 1.29 bits per heavy atom. The van der Waals surface area contributed by atoms with Crippen LogP contribution in [0.5, 0.6) is 5.88 Å². The molecular weight excluding hydrogens is 489 g/mol. The summed E-state index contributed by atoms with van der Waals surface area (Å²) in [5, 5.41) is 7.42. The molecule has 9 nitrogen and oxygen atoms in total. The zero-order chi connectivity index (χ0) is 26.4. The number of nitrogens with zero attached hydrogens (tertiary/aromatic N) is 2. The van der Waals surface area contributed by atoms with E-state index in [-0.39, 0.29) is 29.4 Å². The van der Waals surface area contributed by atoms with Gasteiger partial charge >= 0.3 is 0 Å². The van der Waals surface area contributed by atoms with Gasteiger partial charge in [0.05, 0.1) is 11.3 Å². The molecule has 0 radical (unpaired) electrons. The van der Waals surface area contributed by atoms with Crippen molar-refractivity contribution in [3.05, 3.63) is 88.4 Å². The average molecular weight is 514 g/mol.